The summed E-state index contributed by atoms with van der Waals surface area (Å²) in [5.74, 6) is -0.378. The first kappa shape index (κ1) is 22.0. The summed E-state index contributed by atoms with van der Waals surface area (Å²) in [6, 6.07) is 26.1. The Labute approximate surface area is 199 Å². The summed E-state index contributed by atoms with van der Waals surface area (Å²) in [6.07, 6.45) is 4.30. The largest absolute Gasteiger partial charge is 0.336 e. The molecule has 1 fully saturated rings. The van der Waals surface area contributed by atoms with E-state index in [9.17, 15) is 9.18 Å². The van der Waals surface area contributed by atoms with E-state index < -0.39 is 0 Å². The minimum absolute atomic E-state index is 0.0318. The van der Waals surface area contributed by atoms with E-state index in [-0.39, 0.29) is 11.7 Å². The summed E-state index contributed by atoms with van der Waals surface area (Å²) in [5, 5.41) is 0.792. The zero-order valence-electron chi connectivity index (χ0n) is 18.9. The van der Waals surface area contributed by atoms with Crippen LogP contribution < -0.4 is 0 Å². The first-order valence-corrected chi connectivity index (χ1v) is 11.6. The van der Waals surface area contributed by atoms with Gasteiger partial charge in [0.05, 0.1) is 16.8 Å². The van der Waals surface area contributed by atoms with Gasteiger partial charge in [-0.3, -0.25) is 9.69 Å². The molecule has 1 aliphatic rings. The topological polar surface area (TPSA) is 36.4 Å². The summed E-state index contributed by atoms with van der Waals surface area (Å²) >= 11 is 0. The van der Waals surface area contributed by atoms with Crippen molar-refractivity contribution in [2.24, 2.45) is 0 Å². The van der Waals surface area contributed by atoms with Crippen molar-refractivity contribution >= 4 is 22.9 Å². The number of fused-ring (bicyclic) bond motifs is 1. The van der Waals surface area contributed by atoms with E-state index in [0.29, 0.717) is 35.4 Å². The van der Waals surface area contributed by atoms with Crippen LogP contribution in [0.1, 0.15) is 15.9 Å². The Morgan fingerprint density at radius 1 is 0.882 bits per heavy atom. The van der Waals surface area contributed by atoms with Crippen molar-refractivity contribution in [1.82, 2.24) is 14.8 Å². The van der Waals surface area contributed by atoms with Crippen LogP contribution in [0.2, 0.25) is 0 Å². The average molecular weight is 452 g/mol. The van der Waals surface area contributed by atoms with Crippen LogP contribution in [-0.2, 0) is 0 Å². The van der Waals surface area contributed by atoms with E-state index in [1.54, 1.807) is 24.3 Å². The van der Waals surface area contributed by atoms with Crippen molar-refractivity contribution in [3.8, 4) is 11.3 Å². The van der Waals surface area contributed by atoms with Gasteiger partial charge in [0.1, 0.15) is 5.82 Å². The molecule has 5 rings (SSSR count). The van der Waals surface area contributed by atoms with E-state index in [0.717, 1.165) is 25.0 Å². The maximum absolute atomic E-state index is 14.5. The Bertz CT molecular complexity index is 1330. The normalized spacial score (nSPS) is 14.7. The quantitative estimate of drug-likeness (QED) is 0.401. The van der Waals surface area contributed by atoms with Crippen LogP contribution in [0.3, 0.4) is 0 Å². The first-order chi connectivity index (χ1) is 16.7. The third-order valence-electron chi connectivity index (χ3n) is 6.23. The molecule has 1 amide bonds. The lowest BCUT2D eigenvalue weighted by molar-refractivity contribution is 0.0652. The first-order valence-electron chi connectivity index (χ1n) is 11.6. The fraction of sp³-hybridized carbons (Fsp3) is 0.172. The molecule has 1 aromatic heterocycles. The molecule has 2 heterocycles. The number of pyridine rings is 1. The smallest absolute Gasteiger partial charge is 0.254 e. The van der Waals surface area contributed by atoms with Crippen LogP contribution in [0.25, 0.3) is 28.2 Å². The second-order valence-electron chi connectivity index (χ2n) is 8.46. The van der Waals surface area contributed by atoms with Gasteiger partial charge in [-0.25, -0.2) is 9.37 Å². The summed E-state index contributed by atoms with van der Waals surface area (Å²) in [4.78, 5) is 22.4. The van der Waals surface area contributed by atoms with Gasteiger partial charge in [0, 0.05) is 43.7 Å². The summed E-state index contributed by atoms with van der Waals surface area (Å²) < 4.78 is 14.5. The van der Waals surface area contributed by atoms with E-state index in [1.807, 2.05) is 47.4 Å². The molecule has 34 heavy (non-hydrogen) atoms. The number of hydrogen-bond acceptors (Lipinski definition) is 3. The standard InChI is InChI=1S/C29H26FN3O/c30-26-14-6-4-13-24(26)28-21-25(23-12-5-7-15-27(23)31-28)29(34)33-19-17-32(18-20-33)16-8-11-22-9-2-1-3-10-22/h1-15,21H,16-20H2. The number of benzene rings is 3. The van der Waals surface area contributed by atoms with Crippen LogP contribution >= 0.6 is 0 Å². The predicted molar refractivity (Wildman–Crippen MR) is 135 cm³/mol. The van der Waals surface area contributed by atoms with Gasteiger partial charge < -0.3 is 4.90 Å². The molecule has 0 bridgehead atoms. The van der Waals surface area contributed by atoms with E-state index >= 15 is 0 Å². The maximum atomic E-state index is 14.5. The highest BCUT2D eigenvalue weighted by atomic mass is 19.1. The van der Waals surface area contributed by atoms with Crippen LogP contribution in [0.5, 0.6) is 0 Å². The molecule has 0 spiro atoms. The Balaban J connectivity index is 1.33. The highest BCUT2D eigenvalue weighted by Crippen LogP contribution is 2.27. The number of halogens is 1. The zero-order valence-corrected chi connectivity index (χ0v) is 18.9. The summed E-state index contributed by atoms with van der Waals surface area (Å²) in [6.45, 7) is 3.79. The van der Waals surface area contributed by atoms with Gasteiger partial charge >= 0.3 is 0 Å². The zero-order chi connectivity index (χ0) is 23.3. The maximum Gasteiger partial charge on any atom is 0.254 e. The number of carbonyl (C=O) groups is 1. The van der Waals surface area contributed by atoms with Gasteiger partial charge in [0.2, 0.25) is 0 Å². The fourth-order valence-corrected chi connectivity index (χ4v) is 4.37. The van der Waals surface area contributed by atoms with Crippen LogP contribution in [-0.4, -0.2) is 53.4 Å². The van der Waals surface area contributed by atoms with Crippen LogP contribution in [0.4, 0.5) is 4.39 Å². The number of amides is 1. The van der Waals surface area contributed by atoms with Crippen LogP contribution in [0, 0.1) is 5.82 Å². The Hall–Kier alpha value is -3.83. The minimum atomic E-state index is -0.346. The number of rotatable bonds is 5. The molecular weight excluding hydrogens is 425 g/mol. The Kier molecular flexibility index (Phi) is 6.45. The molecule has 0 radical (unpaired) electrons. The molecule has 4 nitrogen and oxygen atoms in total. The lowest BCUT2D eigenvalue weighted by Gasteiger charge is -2.34. The van der Waals surface area contributed by atoms with Gasteiger partial charge in [-0.15, -0.1) is 0 Å². The van der Waals surface area contributed by atoms with E-state index in [1.165, 1.54) is 11.6 Å². The number of hydrogen-bond donors (Lipinski definition) is 0. The van der Waals surface area contributed by atoms with Gasteiger partial charge in [0.15, 0.2) is 0 Å². The molecule has 170 valence electrons. The average Bonchev–Trinajstić information content (AvgIpc) is 2.89. The van der Waals surface area contributed by atoms with Crippen LogP contribution in [0.15, 0.2) is 91.0 Å². The number of nitrogens with zero attached hydrogens (tertiary/aromatic N) is 3. The van der Waals surface area contributed by atoms with Crippen molar-refractivity contribution in [3.05, 3.63) is 108 Å². The van der Waals surface area contributed by atoms with Gasteiger partial charge in [-0.2, -0.15) is 0 Å². The molecular formula is C29H26FN3O. The molecule has 4 aromatic rings. The van der Waals surface area contributed by atoms with Gasteiger partial charge in [0.25, 0.3) is 5.91 Å². The lowest BCUT2D eigenvalue weighted by atomic mass is 10.0. The SMILES string of the molecule is O=C(c1cc(-c2ccccc2F)nc2ccccc12)N1CCN(CC=Cc2ccccc2)CC1. The van der Waals surface area contributed by atoms with Crippen molar-refractivity contribution in [1.29, 1.82) is 0 Å². The minimum Gasteiger partial charge on any atom is -0.336 e. The van der Waals surface area contributed by atoms with Crippen molar-refractivity contribution in [2.75, 3.05) is 32.7 Å². The number of carbonyl (C=O) groups excluding carboxylic acids is 1. The number of para-hydroxylation sites is 1. The molecule has 0 aliphatic carbocycles. The monoisotopic (exact) mass is 451 g/mol. The molecule has 0 saturated carbocycles. The van der Waals surface area contributed by atoms with Crippen molar-refractivity contribution < 1.29 is 9.18 Å². The highest BCUT2D eigenvalue weighted by molar-refractivity contribution is 6.07. The molecule has 5 heteroatoms. The third-order valence-corrected chi connectivity index (χ3v) is 6.23. The molecule has 1 saturated heterocycles. The number of aromatic nitrogens is 1. The fourth-order valence-electron chi connectivity index (χ4n) is 4.37. The van der Waals surface area contributed by atoms with Gasteiger partial charge in [-0.05, 0) is 29.8 Å². The third kappa shape index (κ3) is 4.75. The predicted octanol–water partition coefficient (Wildman–Crippen LogP) is 5.51. The number of piperazine rings is 1. The highest BCUT2D eigenvalue weighted by Gasteiger charge is 2.24. The molecule has 0 atom stereocenters. The van der Waals surface area contributed by atoms with Crippen molar-refractivity contribution in [3.63, 3.8) is 0 Å². The van der Waals surface area contributed by atoms with E-state index in [4.69, 9.17) is 0 Å². The van der Waals surface area contributed by atoms with Gasteiger partial charge in [-0.1, -0.05) is 72.8 Å². The molecule has 0 N–H and O–H groups in total. The lowest BCUT2D eigenvalue weighted by Crippen LogP contribution is -2.48. The molecule has 0 unspecified atom stereocenters. The summed E-state index contributed by atoms with van der Waals surface area (Å²) in [7, 11) is 0. The second kappa shape index (κ2) is 9.98. The summed E-state index contributed by atoms with van der Waals surface area (Å²) in [5.41, 5.74) is 3.33. The molecule has 1 aliphatic heterocycles. The van der Waals surface area contributed by atoms with Crippen molar-refractivity contribution in [2.45, 2.75) is 0 Å². The molecule has 3 aromatic carbocycles. The second-order valence-corrected chi connectivity index (χ2v) is 8.46. The Morgan fingerprint density at radius 3 is 2.38 bits per heavy atom. The van der Waals surface area contributed by atoms with E-state index in [2.05, 4.69) is 34.2 Å². The Morgan fingerprint density at radius 2 is 1.59 bits per heavy atom.